The van der Waals surface area contributed by atoms with Crippen LogP contribution in [0.25, 0.3) is 0 Å². The maximum atomic E-state index is 12.5. The second-order valence-electron chi connectivity index (χ2n) is 5.64. The minimum absolute atomic E-state index is 0.499. The highest BCUT2D eigenvalue weighted by atomic mass is 19.4. The molecule has 0 bridgehead atoms. The fourth-order valence-electron chi connectivity index (χ4n) is 2.48. The summed E-state index contributed by atoms with van der Waals surface area (Å²) in [5.74, 6) is -1.31. The van der Waals surface area contributed by atoms with Gasteiger partial charge in [-0.2, -0.15) is 26.3 Å². The van der Waals surface area contributed by atoms with Crippen LogP contribution in [0, 0.1) is 5.92 Å². The number of carbonyl (C=O) groups is 1. The van der Waals surface area contributed by atoms with Crippen LogP contribution in [-0.2, 0) is 9.53 Å². The second kappa shape index (κ2) is 6.64. The van der Waals surface area contributed by atoms with E-state index in [-0.39, 0.29) is 0 Å². The molecule has 0 heterocycles. The molecule has 130 valence electrons. The van der Waals surface area contributed by atoms with Crippen LogP contribution in [0.3, 0.4) is 0 Å². The molecule has 0 spiro atoms. The van der Waals surface area contributed by atoms with E-state index in [0.29, 0.717) is 12.8 Å². The van der Waals surface area contributed by atoms with Gasteiger partial charge < -0.3 is 9.84 Å². The molecule has 1 atom stereocenters. The molecule has 9 heteroatoms. The lowest BCUT2D eigenvalue weighted by Gasteiger charge is -2.34. The summed E-state index contributed by atoms with van der Waals surface area (Å²) in [7, 11) is 0. The molecule has 0 aromatic heterocycles. The van der Waals surface area contributed by atoms with Crippen molar-refractivity contribution in [3.05, 3.63) is 0 Å². The minimum atomic E-state index is -5.91. The Morgan fingerprint density at radius 2 is 1.55 bits per heavy atom. The van der Waals surface area contributed by atoms with E-state index >= 15 is 0 Å². The number of halogens is 6. The average Bonchev–Trinajstić information content (AvgIpc) is 2.36. The van der Waals surface area contributed by atoms with Crippen molar-refractivity contribution < 1.29 is 41.0 Å². The zero-order chi connectivity index (χ0) is 17.2. The van der Waals surface area contributed by atoms with Gasteiger partial charge in [0.2, 0.25) is 0 Å². The van der Waals surface area contributed by atoms with E-state index in [1.807, 2.05) is 0 Å². The molecule has 1 N–H and O–H groups in total. The Bertz CT molecular complexity index is 370. The number of rotatable bonds is 4. The fraction of sp³-hybridized carbons (Fsp3) is 0.923. The summed E-state index contributed by atoms with van der Waals surface area (Å²) >= 11 is 0. The van der Waals surface area contributed by atoms with E-state index in [2.05, 4.69) is 4.74 Å². The van der Waals surface area contributed by atoms with Crippen molar-refractivity contribution in [1.29, 1.82) is 0 Å². The molecule has 0 amide bonds. The number of ether oxygens (including phenoxy) is 1. The number of carbonyl (C=O) groups excluding carboxylic acids is 1. The largest absolute Gasteiger partial charge is 0.462 e. The summed E-state index contributed by atoms with van der Waals surface area (Å²) in [6, 6.07) is 0. The first-order valence-electron chi connectivity index (χ1n) is 6.95. The molecule has 3 nitrogen and oxygen atoms in total. The van der Waals surface area contributed by atoms with Crippen molar-refractivity contribution >= 4 is 5.97 Å². The normalized spacial score (nSPS) is 19.8. The zero-order valence-corrected chi connectivity index (χ0v) is 11.9. The third kappa shape index (κ3) is 4.27. The lowest BCUT2D eigenvalue weighted by atomic mass is 9.89. The van der Waals surface area contributed by atoms with E-state index in [1.165, 1.54) is 0 Å². The van der Waals surface area contributed by atoms with Gasteiger partial charge in [-0.1, -0.05) is 19.3 Å². The van der Waals surface area contributed by atoms with Crippen LogP contribution in [0.2, 0.25) is 0 Å². The third-order valence-electron chi connectivity index (χ3n) is 3.78. The van der Waals surface area contributed by atoms with Crippen molar-refractivity contribution in [3.8, 4) is 0 Å². The fourth-order valence-corrected chi connectivity index (χ4v) is 2.48. The van der Waals surface area contributed by atoms with Crippen LogP contribution in [0.1, 0.15) is 45.4 Å². The molecule has 1 saturated carbocycles. The highest BCUT2D eigenvalue weighted by Crippen LogP contribution is 2.46. The standard InChI is InChI=1S/C13H18F6O3/c1-8(22-10(20)9-5-3-2-4-6-9)7-11(21,12(14,15)16)13(17,18)19/h8-9,21H,2-7H2,1H3. The Kier molecular flexibility index (Phi) is 5.75. The predicted molar refractivity (Wildman–Crippen MR) is 63.8 cm³/mol. The third-order valence-corrected chi connectivity index (χ3v) is 3.78. The van der Waals surface area contributed by atoms with Gasteiger partial charge in [-0.25, -0.2) is 0 Å². The molecule has 1 aliphatic carbocycles. The van der Waals surface area contributed by atoms with Crippen LogP contribution in [0.4, 0.5) is 26.3 Å². The average molecular weight is 336 g/mol. The summed E-state index contributed by atoms with van der Waals surface area (Å²) in [6.45, 7) is 0.906. The van der Waals surface area contributed by atoms with Gasteiger partial charge in [-0.15, -0.1) is 0 Å². The SMILES string of the molecule is CC(CC(O)(C(F)(F)F)C(F)(F)F)OC(=O)C1CCCCC1. The van der Waals surface area contributed by atoms with Gasteiger partial charge in [0.05, 0.1) is 5.92 Å². The van der Waals surface area contributed by atoms with E-state index in [9.17, 15) is 31.1 Å². The van der Waals surface area contributed by atoms with E-state index in [4.69, 9.17) is 5.11 Å². The summed E-state index contributed by atoms with van der Waals surface area (Å²) < 4.78 is 79.9. The Morgan fingerprint density at radius 3 is 1.95 bits per heavy atom. The monoisotopic (exact) mass is 336 g/mol. The van der Waals surface area contributed by atoms with Crippen molar-refractivity contribution in [2.45, 2.75) is 69.5 Å². The van der Waals surface area contributed by atoms with Crippen molar-refractivity contribution in [2.75, 3.05) is 0 Å². The van der Waals surface area contributed by atoms with Gasteiger partial charge in [0.25, 0.3) is 5.60 Å². The van der Waals surface area contributed by atoms with E-state index in [0.717, 1.165) is 26.2 Å². The summed E-state index contributed by atoms with van der Waals surface area (Å²) in [5, 5.41) is 9.04. The first-order valence-corrected chi connectivity index (χ1v) is 6.95. The molecule has 0 radical (unpaired) electrons. The number of aliphatic hydroxyl groups is 1. The molecule has 0 aliphatic heterocycles. The molecule has 22 heavy (non-hydrogen) atoms. The Balaban J connectivity index is 2.72. The van der Waals surface area contributed by atoms with Gasteiger partial charge in [0.15, 0.2) is 0 Å². The molecular weight excluding hydrogens is 318 g/mol. The van der Waals surface area contributed by atoms with Crippen LogP contribution in [0.15, 0.2) is 0 Å². The molecule has 1 rings (SSSR count). The van der Waals surface area contributed by atoms with E-state index in [1.54, 1.807) is 0 Å². The van der Waals surface area contributed by atoms with Crippen molar-refractivity contribution in [1.82, 2.24) is 0 Å². The quantitative estimate of drug-likeness (QED) is 0.628. The Morgan fingerprint density at radius 1 is 1.09 bits per heavy atom. The highest BCUT2D eigenvalue weighted by molar-refractivity contribution is 5.72. The topological polar surface area (TPSA) is 46.5 Å². The first-order chi connectivity index (χ1) is 9.88. The van der Waals surface area contributed by atoms with Crippen LogP contribution in [0.5, 0.6) is 0 Å². The van der Waals surface area contributed by atoms with Gasteiger partial charge in [0.1, 0.15) is 6.10 Å². The first kappa shape index (κ1) is 19.1. The number of hydrogen-bond acceptors (Lipinski definition) is 3. The lowest BCUT2D eigenvalue weighted by Crippen LogP contribution is -2.58. The van der Waals surface area contributed by atoms with Crippen LogP contribution >= 0.6 is 0 Å². The van der Waals surface area contributed by atoms with Gasteiger partial charge >= 0.3 is 18.3 Å². The molecule has 1 unspecified atom stereocenters. The highest BCUT2D eigenvalue weighted by Gasteiger charge is 2.70. The zero-order valence-electron chi connectivity index (χ0n) is 11.9. The molecule has 0 aromatic rings. The summed E-state index contributed by atoms with van der Waals surface area (Å²) in [4.78, 5) is 11.7. The van der Waals surface area contributed by atoms with Gasteiger partial charge in [0, 0.05) is 6.42 Å². The summed E-state index contributed by atoms with van der Waals surface area (Å²) in [5.41, 5.74) is -4.90. The lowest BCUT2D eigenvalue weighted by molar-refractivity contribution is -0.373. The molecule has 1 fully saturated rings. The van der Waals surface area contributed by atoms with E-state index < -0.39 is 42.4 Å². The Labute approximate surface area is 123 Å². The van der Waals surface area contributed by atoms with Crippen LogP contribution in [-0.4, -0.2) is 35.1 Å². The maximum Gasteiger partial charge on any atom is 0.426 e. The molecule has 0 aromatic carbocycles. The predicted octanol–water partition coefficient (Wildman–Crippen LogP) is 3.74. The van der Waals surface area contributed by atoms with Crippen molar-refractivity contribution in [3.63, 3.8) is 0 Å². The van der Waals surface area contributed by atoms with Crippen molar-refractivity contribution in [2.24, 2.45) is 5.92 Å². The molecule has 0 saturated heterocycles. The maximum absolute atomic E-state index is 12.5. The smallest absolute Gasteiger partial charge is 0.426 e. The number of alkyl halides is 6. The Hall–Kier alpha value is -0.990. The summed E-state index contributed by atoms with van der Waals surface area (Å²) in [6.07, 6.45) is -11.8. The second-order valence-corrected chi connectivity index (χ2v) is 5.64. The number of esters is 1. The number of hydrogen-bond donors (Lipinski definition) is 1. The van der Waals surface area contributed by atoms with Gasteiger partial charge in [-0.05, 0) is 19.8 Å². The molecule has 1 aliphatic rings. The minimum Gasteiger partial charge on any atom is -0.462 e. The van der Waals surface area contributed by atoms with Crippen LogP contribution < -0.4 is 0 Å². The van der Waals surface area contributed by atoms with Gasteiger partial charge in [-0.3, -0.25) is 4.79 Å². The molecular formula is C13H18F6O3.